The van der Waals surface area contributed by atoms with E-state index in [1.807, 2.05) is 0 Å². The maximum Gasteiger partial charge on any atom is 0.329 e. The second kappa shape index (κ2) is 5.14. The lowest BCUT2D eigenvalue weighted by Crippen LogP contribution is -2.43. The molecule has 0 fully saturated rings. The predicted octanol–water partition coefficient (Wildman–Crippen LogP) is 1.95. The molecule has 114 valence electrons. The molecule has 0 amide bonds. The van der Waals surface area contributed by atoms with Gasteiger partial charge in [-0.25, -0.2) is 4.79 Å². The Morgan fingerprint density at radius 1 is 1.29 bits per heavy atom. The smallest absolute Gasteiger partial charge is 0.329 e. The molecule has 0 aliphatic carbocycles. The van der Waals surface area contributed by atoms with E-state index in [-0.39, 0.29) is 4.90 Å². The van der Waals surface area contributed by atoms with Crippen LogP contribution in [0.5, 0.6) is 0 Å². The van der Waals surface area contributed by atoms with Gasteiger partial charge in [0.25, 0.3) is 10.0 Å². The first-order chi connectivity index (χ1) is 9.62. The van der Waals surface area contributed by atoms with Crippen molar-refractivity contribution in [3.05, 3.63) is 24.3 Å². The van der Waals surface area contributed by atoms with Crippen LogP contribution in [0.15, 0.2) is 33.6 Å². The minimum absolute atomic E-state index is 0.0860. The van der Waals surface area contributed by atoms with Crippen LogP contribution in [0.1, 0.15) is 27.7 Å². The molecule has 1 aromatic rings. The third kappa shape index (κ3) is 3.24. The number of esters is 1. The SMILES string of the molecule is CC(C(=O)OC(C)(C)C)N1C=NS(=O)(=O)c2ccccc21. The van der Waals surface area contributed by atoms with Crippen LogP contribution in [0.4, 0.5) is 5.69 Å². The van der Waals surface area contributed by atoms with Crippen LogP contribution in [-0.4, -0.2) is 32.4 Å². The molecule has 1 aromatic carbocycles. The predicted molar refractivity (Wildman–Crippen MR) is 79.9 cm³/mol. The zero-order chi connectivity index (χ0) is 15.8. The van der Waals surface area contributed by atoms with Crippen LogP contribution in [0, 0.1) is 0 Å². The largest absolute Gasteiger partial charge is 0.458 e. The fourth-order valence-electron chi connectivity index (χ4n) is 1.93. The highest BCUT2D eigenvalue weighted by molar-refractivity contribution is 7.90. The van der Waals surface area contributed by atoms with E-state index in [0.717, 1.165) is 6.34 Å². The molecule has 1 unspecified atom stereocenters. The third-order valence-electron chi connectivity index (χ3n) is 2.90. The second-order valence-corrected chi connectivity index (χ2v) is 7.38. The zero-order valence-electron chi connectivity index (χ0n) is 12.4. The Hall–Kier alpha value is -1.89. The van der Waals surface area contributed by atoms with E-state index in [9.17, 15) is 13.2 Å². The molecule has 1 heterocycles. The lowest BCUT2D eigenvalue weighted by Gasteiger charge is -2.31. The van der Waals surface area contributed by atoms with E-state index < -0.39 is 27.6 Å². The van der Waals surface area contributed by atoms with Gasteiger partial charge in [-0.3, -0.25) is 0 Å². The molecule has 21 heavy (non-hydrogen) atoms. The number of ether oxygens (including phenoxy) is 1. The average molecular weight is 310 g/mol. The van der Waals surface area contributed by atoms with Crippen molar-refractivity contribution in [1.29, 1.82) is 0 Å². The molecule has 0 saturated heterocycles. The summed E-state index contributed by atoms with van der Waals surface area (Å²) in [6.07, 6.45) is 1.16. The van der Waals surface area contributed by atoms with Crippen LogP contribution < -0.4 is 4.90 Å². The van der Waals surface area contributed by atoms with E-state index in [4.69, 9.17) is 4.74 Å². The number of carbonyl (C=O) groups is 1. The number of nitrogens with zero attached hydrogens (tertiary/aromatic N) is 2. The summed E-state index contributed by atoms with van der Waals surface area (Å²) in [6.45, 7) is 6.98. The van der Waals surface area contributed by atoms with Crippen LogP contribution in [0.3, 0.4) is 0 Å². The molecule has 0 bridgehead atoms. The molecule has 0 aromatic heterocycles. The summed E-state index contributed by atoms with van der Waals surface area (Å²) in [5, 5.41) is 0. The Morgan fingerprint density at radius 3 is 2.52 bits per heavy atom. The Kier molecular flexibility index (Phi) is 3.79. The number of carbonyl (C=O) groups excluding carboxylic acids is 1. The highest BCUT2D eigenvalue weighted by Gasteiger charge is 2.32. The van der Waals surface area contributed by atoms with Crippen LogP contribution in [0.25, 0.3) is 0 Å². The van der Waals surface area contributed by atoms with Crippen LogP contribution >= 0.6 is 0 Å². The van der Waals surface area contributed by atoms with Gasteiger partial charge in [0.1, 0.15) is 22.9 Å². The van der Waals surface area contributed by atoms with Crippen molar-refractivity contribution in [1.82, 2.24) is 0 Å². The molecule has 6 nitrogen and oxygen atoms in total. The lowest BCUT2D eigenvalue weighted by atomic mass is 10.2. The summed E-state index contributed by atoms with van der Waals surface area (Å²) in [5.74, 6) is -0.442. The molecule has 1 atom stereocenters. The monoisotopic (exact) mass is 310 g/mol. The van der Waals surface area contributed by atoms with Gasteiger partial charge in [-0.15, -0.1) is 4.40 Å². The standard InChI is InChI=1S/C14H18N2O4S/c1-10(13(17)20-14(2,3)4)16-9-15-21(18,19)12-8-6-5-7-11(12)16/h5-10H,1-4H3. The van der Waals surface area contributed by atoms with Gasteiger partial charge >= 0.3 is 5.97 Å². The van der Waals surface area contributed by atoms with Crippen molar-refractivity contribution in [3.8, 4) is 0 Å². The average Bonchev–Trinajstić information content (AvgIpc) is 2.36. The first kappa shape index (κ1) is 15.5. The number of hydrogen-bond acceptors (Lipinski definition) is 5. The third-order valence-corrected chi connectivity index (χ3v) is 4.17. The minimum Gasteiger partial charge on any atom is -0.458 e. The number of rotatable bonds is 2. The maximum atomic E-state index is 12.2. The summed E-state index contributed by atoms with van der Waals surface area (Å²) in [4.78, 5) is 13.7. The quantitative estimate of drug-likeness (QED) is 0.780. The van der Waals surface area contributed by atoms with Gasteiger partial charge in [0.15, 0.2) is 0 Å². The van der Waals surface area contributed by atoms with Crippen molar-refractivity contribution in [3.63, 3.8) is 0 Å². The molecule has 7 heteroatoms. The number of benzene rings is 1. The fraction of sp³-hybridized carbons (Fsp3) is 0.429. The number of sulfonamides is 1. The van der Waals surface area contributed by atoms with Gasteiger partial charge in [0.2, 0.25) is 0 Å². The highest BCUT2D eigenvalue weighted by atomic mass is 32.2. The van der Waals surface area contributed by atoms with Crippen LogP contribution in [0.2, 0.25) is 0 Å². The Balaban J connectivity index is 2.36. The first-order valence-electron chi connectivity index (χ1n) is 6.52. The molecule has 0 radical (unpaired) electrons. The molecular formula is C14H18N2O4S. The molecule has 0 N–H and O–H groups in total. The second-order valence-electron chi connectivity index (χ2n) is 5.78. The van der Waals surface area contributed by atoms with Gasteiger partial charge < -0.3 is 9.64 Å². The van der Waals surface area contributed by atoms with E-state index in [0.29, 0.717) is 5.69 Å². The molecule has 2 rings (SSSR count). The summed E-state index contributed by atoms with van der Waals surface area (Å²) >= 11 is 0. The van der Waals surface area contributed by atoms with Crippen molar-refractivity contribution in [2.24, 2.45) is 4.40 Å². The van der Waals surface area contributed by atoms with E-state index in [1.165, 1.54) is 11.0 Å². The van der Waals surface area contributed by atoms with E-state index in [2.05, 4.69) is 4.40 Å². The normalized spacial score (nSPS) is 18.0. The lowest BCUT2D eigenvalue weighted by molar-refractivity contribution is -0.155. The van der Waals surface area contributed by atoms with Crippen molar-refractivity contribution in [2.45, 2.75) is 44.2 Å². The number of para-hydroxylation sites is 1. The summed E-state index contributed by atoms with van der Waals surface area (Å²) < 4.78 is 32.7. The highest BCUT2D eigenvalue weighted by Crippen LogP contribution is 2.30. The Labute approximate surface area is 124 Å². The first-order valence-corrected chi connectivity index (χ1v) is 7.96. The number of hydrogen-bond donors (Lipinski definition) is 0. The summed E-state index contributed by atoms with van der Waals surface area (Å²) in [7, 11) is -3.69. The van der Waals surface area contributed by atoms with Gasteiger partial charge in [0, 0.05) is 0 Å². The van der Waals surface area contributed by atoms with Crippen molar-refractivity contribution < 1.29 is 17.9 Å². The van der Waals surface area contributed by atoms with Crippen molar-refractivity contribution in [2.75, 3.05) is 4.90 Å². The minimum atomic E-state index is -3.69. The van der Waals surface area contributed by atoms with E-state index in [1.54, 1.807) is 45.9 Å². The van der Waals surface area contributed by atoms with E-state index >= 15 is 0 Å². The van der Waals surface area contributed by atoms with Gasteiger partial charge in [-0.05, 0) is 39.8 Å². The maximum absolute atomic E-state index is 12.2. The Morgan fingerprint density at radius 2 is 1.90 bits per heavy atom. The molecule has 0 saturated carbocycles. The van der Waals surface area contributed by atoms with Gasteiger partial charge in [-0.1, -0.05) is 12.1 Å². The molecule has 0 spiro atoms. The zero-order valence-corrected chi connectivity index (χ0v) is 13.2. The van der Waals surface area contributed by atoms with Crippen molar-refractivity contribution >= 4 is 28.0 Å². The number of fused-ring (bicyclic) bond motifs is 1. The molecule has 1 aliphatic rings. The van der Waals surface area contributed by atoms with Crippen LogP contribution in [-0.2, 0) is 19.6 Å². The number of anilines is 1. The topological polar surface area (TPSA) is 76.0 Å². The molecule has 1 aliphatic heterocycles. The molecular weight excluding hydrogens is 292 g/mol. The summed E-state index contributed by atoms with van der Waals surface area (Å²) in [5.41, 5.74) is -0.185. The fourth-order valence-corrected chi connectivity index (χ4v) is 2.96. The Bertz CT molecular complexity index is 689. The summed E-state index contributed by atoms with van der Waals surface area (Å²) in [6, 6.07) is 5.76. The van der Waals surface area contributed by atoms with Gasteiger partial charge in [0.05, 0.1) is 5.69 Å². The van der Waals surface area contributed by atoms with Gasteiger partial charge in [-0.2, -0.15) is 8.42 Å².